The maximum atomic E-state index is 13.4. The lowest BCUT2D eigenvalue weighted by molar-refractivity contribution is 0.0919. The number of aromatic nitrogens is 2. The first-order valence-corrected chi connectivity index (χ1v) is 11.6. The zero-order valence-electron chi connectivity index (χ0n) is 18.7. The van der Waals surface area contributed by atoms with Crippen molar-refractivity contribution >= 4 is 45.7 Å². The number of para-hydroxylation sites is 1. The second-order valence-electron chi connectivity index (χ2n) is 8.35. The molecule has 1 N–H and O–H groups in total. The summed E-state index contributed by atoms with van der Waals surface area (Å²) in [5.41, 5.74) is 4.25. The molecular weight excluding hydrogens is 471 g/mol. The molecule has 0 aliphatic carbocycles. The smallest absolute Gasteiger partial charge is 0.274 e. The Morgan fingerprint density at radius 2 is 1.79 bits per heavy atom. The van der Waals surface area contributed by atoms with Crippen LogP contribution in [-0.2, 0) is 0 Å². The maximum absolute atomic E-state index is 13.4. The SMILES string of the molecule is CN(C)c1c(C(=O)N[C@H]2CCOc3ccccc32)nnc2c(-c3cc(Cl)cc(Cl)c3)cccc12. The molecule has 0 radical (unpaired) electrons. The van der Waals surface area contributed by atoms with Gasteiger partial charge in [-0.1, -0.05) is 59.6 Å². The topological polar surface area (TPSA) is 67.4 Å². The molecule has 6 nitrogen and oxygen atoms in total. The molecule has 34 heavy (non-hydrogen) atoms. The van der Waals surface area contributed by atoms with Gasteiger partial charge in [0.2, 0.25) is 0 Å². The Hall–Kier alpha value is -3.35. The fourth-order valence-electron chi connectivity index (χ4n) is 4.38. The van der Waals surface area contributed by atoms with Gasteiger partial charge in [-0.25, -0.2) is 0 Å². The van der Waals surface area contributed by atoms with Crippen LogP contribution in [0.15, 0.2) is 60.7 Å². The molecule has 2 heterocycles. The number of anilines is 1. The average Bonchev–Trinajstić information content (AvgIpc) is 2.82. The normalized spacial score (nSPS) is 14.9. The highest BCUT2D eigenvalue weighted by Crippen LogP contribution is 2.36. The Balaban J connectivity index is 1.58. The number of carbonyl (C=O) groups excluding carboxylic acids is 1. The Morgan fingerprint density at radius 1 is 1.03 bits per heavy atom. The Kier molecular flexibility index (Phi) is 6.02. The number of hydrogen-bond donors (Lipinski definition) is 1. The molecule has 1 aliphatic heterocycles. The summed E-state index contributed by atoms with van der Waals surface area (Å²) in [7, 11) is 3.78. The third kappa shape index (κ3) is 4.15. The second kappa shape index (κ2) is 9.12. The minimum absolute atomic E-state index is 0.162. The van der Waals surface area contributed by atoms with E-state index >= 15 is 0 Å². The minimum atomic E-state index is -0.281. The largest absolute Gasteiger partial charge is 0.493 e. The van der Waals surface area contributed by atoms with E-state index in [1.165, 1.54) is 0 Å². The van der Waals surface area contributed by atoms with Crippen molar-refractivity contribution < 1.29 is 9.53 Å². The zero-order valence-corrected chi connectivity index (χ0v) is 20.2. The first-order chi connectivity index (χ1) is 16.4. The predicted molar refractivity (Wildman–Crippen MR) is 136 cm³/mol. The van der Waals surface area contributed by atoms with Crippen LogP contribution in [0.5, 0.6) is 5.75 Å². The first kappa shape index (κ1) is 22.4. The lowest BCUT2D eigenvalue weighted by atomic mass is 9.99. The van der Waals surface area contributed by atoms with Crippen molar-refractivity contribution in [2.24, 2.45) is 0 Å². The standard InChI is InChI=1S/C26H22Cl2N4O2/c1-32(2)25-20-8-5-7-18(15-12-16(27)14-17(28)13-15)23(20)30-31-24(25)26(33)29-21-10-11-34-22-9-4-3-6-19(21)22/h3-9,12-14,21H,10-11H2,1-2H3,(H,29,33)/t21-/m0/s1. The van der Waals surface area contributed by atoms with Crippen molar-refractivity contribution in [3.63, 3.8) is 0 Å². The number of rotatable bonds is 4. The summed E-state index contributed by atoms with van der Waals surface area (Å²) in [6.45, 7) is 0.539. The van der Waals surface area contributed by atoms with Crippen LogP contribution in [-0.4, -0.2) is 36.8 Å². The van der Waals surface area contributed by atoms with Crippen LogP contribution in [0.4, 0.5) is 5.69 Å². The van der Waals surface area contributed by atoms with E-state index in [0.29, 0.717) is 34.3 Å². The monoisotopic (exact) mass is 492 g/mol. The van der Waals surface area contributed by atoms with E-state index in [9.17, 15) is 4.79 Å². The molecule has 1 aromatic heterocycles. The van der Waals surface area contributed by atoms with Crippen molar-refractivity contribution in [1.82, 2.24) is 15.5 Å². The van der Waals surface area contributed by atoms with Gasteiger partial charge < -0.3 is 15.0 Å². The molecule has 3 aromatic carbocycles. The summed E-state index contributed by atoms with van der Waals surface area (Å²) in [6, 6.07) is 18.8. The van der Waals surface area contributed by atoms with Crippen LogP contribution >= 0.6 is 23.2 Å². The van der Waals surface area contributed by atoms with Crippen molar-refractivity contribution in [3.05, 3.63) is 82.0 Å². The summed E-state index contributed by atoms with van der Waals surface area (Å²) in [4.78, 5) is 15.3. The highest BCUT2D eigenvalue weighted by molar-refractivity contribution is 6.35. The minimum Gasteiger partial charge on any atom is -0.493 e. The van der Waals surface area contributed by atoms with E-state index in [-0.39, 0.29) is 17.6 Å². The molecule has 0 saturated heterocycles. The average molecular weight is 493 g/mol. The highest BCUT2D eigenvalue weighted by atomic mass is 35.5. The van der Waals surface area contributed by atoms with Crippen LogP contribution in [0.25, 0.3) is 22.0 Å². The van der Waals surface area contributed by atoms with Gasteiger partial charge in [0.1, 0.15) is 11.3 Å². The summed E-state index contributed by atoms with van der Waals surface area (Å²) < 4.78 is 5.73. The van der Waals surface area contributed by atoms with Gasteiger partial charge in [-0.3, -0.25) is 4.79 Å². The van der Waals surface area contributed by atoms with Gasteiger partial charge in [0, 0.05) is 47.1 Å². The fourth-order valence-corrected chi connectivity index (χ4v) is 4.91. The quantitative estimate of drug-likeness (QED) is 0.382. The van der Waals surface area contributed by atoms with Gasteiger partial charge >= 0.3 is 0 Å². The number of carbonyl (C=O) groups is 1. The van der Waals surface area contributed by atoms with E-state index in [4.69, 9.17) is 27.9 Å². The molecular formula is C26H22Cl2N4O2. The van der Waals surface area contributed by atoms with E-state index in [2.05, 4.69) is 15.5 Å². The predicted octanol–water partition coefficient (Wildman–Crippen LogP) is 5.92. The van der Waals surface area contributed by atoms with Crippen molar-refractivity contribution in [2.75, 3.05) is 25.6 Å². The Bertz CT molecular complexity index is 1390. The molecule has 0 spiro atoms. The second-order valence-corrected chi connectivity index (χ2v) is 9.23. The lowest BCUT2D eigenvalue weighted by Gasteiger charge is -2.27. The van der Waals surface area contributed by atoms with Crippen LogP contribution in [0.3, 0.4) is 0 Å². The van der Waals surface area contributed by atoms with Crippen LogP contribution in [0.2, 0.25) is 10.0 Å². The number of benzene rings is 3. The van der Waals surface area contributed by atoms with Crippen molar-refractivity contribution in [1.29, 1.82) is 0 Å². The van der Waals surface area contributed by atoms with E-state index < -0.39 is 0 Å². The third-order valence-electron chi connectivity index (χ3n) is 5.87. The van der Waals surface area contributed by atoms with Crippen molar-refractivity contribution in [3.8, 4) is 16.9 Å². The van der Waals surface area contributed by atoms with Crippen LogP contribution < -0.4 is 15.0 Å². The van der Waals surface area contributed by atoms with Crippen molar-refractivity contribution in [2.45, 2.75) is 12.5 Å². The van der Waals surface area contributed by atoms with Crippen LogP contribution in [0.1, 0.15) is 28.5 Å². The summed E-state index contributed by atoms with van der Waals surface area (Å²) >= 11 is 12.5. The zero-order chi connectivity index (χ0) is 23.8. The van der Waals surface area contributed by atoms with Crippen LogP contribution in [0, 0.1) is 0 Å². The molecule has 0 fully saturated rings. The molecule has 0 unspecified atom stereocenters. The number of nitrogens with one attached hydrogen (secondary N) is 1. The van der Waals surface area contributed by atoms with Gasteiger partial charge in [0.25, 0.3) is 5.91 Å². The number of fused-ring (bicyclic) bond motifs is 2. The first-order valence-electron chi connectivity index (χ1n) is 10.9. The number of ether oxygens (including phenoxy) is 1. The lowest BCUT2D eigenvalue weighted by Crippen LogP contribution is -2.33. The van der Waals surface area contributed by atoms with Gasteiger partial charge in [-0.15, -0.1) is 10.2 Å². The van der Waals surface area contributed by atoms with Gasteiger partial charge in [0.05, 0.1) is 18.3 Å². The summed E-state index contributed by atoms with van der Waals surface area (Å²) in [6.07, 6.45) is 0.681. The third-order valence-corrected chi connectivity index (χ3v) is 6.30. The van der Waals surface area contributed by atoms with E-state index in [0.717, 1.165) is 27.8 Å². The molecule has 4 aromatic rings. The maximum Gasteiger partial charge on any atom is 0.274 e. The molecule has 0 saturated carbocycles. The molecule has 0 bridgehead atoms. The van der Waals surface area contributed by atoms with E-state index in [1.54, 1.807) is 6.07 Å². The molecule has 1 amide bonds. The number of nitrogens with zero attached hydrogens (tertiary/aromatic N) is 3. The molecule has 1 aliphatic rings. The Labute approximate surface area is 207 Å². The number of amides is 1. The fraction of sp³-hybridized carbons (Fsp3) is 0.192. The van der Waals surface area contributed by atoms with E-state index in [1.807, 2.05) is 73.6 Å². The summed E-state index contributed by atoms with van der Waals surface area (Å²) in [5.74, 6) is 0.511. The van der Waals surface area contributed by atoms with Gasteiger partial charge in [0.15, 0.2) is 5.69 Å². The molecule has 8 heteroatoms. The molecule has 172 valence electrons. The number of halogens is 2. The Morgan fingerprint density at radius 3 is 2.56 bits per heavy atom. The van der Waals surface area contributed by atoms with Gasteiger partial charge in [-0.2, -0.15) is 0 Å². The summed E-state index contributed by atoms with van der Waals surface area (Å²) in [5, 5.41) is 13.9. The molecule has 1 atom stereocenters. The number of hydrogen-bond acceptors (Lipinski definition) is 5. The highest BCUT2D eigenvalue weighted by Gasteiger charge is 2.26. The molecule has 5 rings (SSSR count). The van der Waals surface area contributed by atoms with Gasteiger partial charge in [-0.05, 0) is 29.8 Å².